The van der Waals surface area contributed by atoms with Crippen LogP contribution in [0, 0.1) is 0 Å². The topological polar surface area (TPSA) is 17.3 Å². The lowest BCUT2D eigenvalue weighted by atomic mass is 10.1. The molecule has 0 unspecified atom stereocenters. The second-order valence-corrected chi connectivity index (χ2v) is 6.49. The van der Waals surface area contributed by atoms with Gasteiger partial charge in [0.1, 0.15) is 0 Å². The molecule has 116 valence electrons. The van der Waals surface area contributed by atoms with Gasteiger partial charge in [0.05, 0.1) is 17.6 Å². The van der Waals surface area contributed by atoms with Gasteiger partial charge in [0.25, 0.3) is 0 Å². The van der Waals surface area contributed by atoms with Crippen molar-refractivity contribution >= 4 is 38.6 Å². The van der Waals surface area contributed by atoms with Gasteiger partial charge in [-0.2, -0.15) is 0 Å². The molecule has 0 atom stereocenters. The van der Waals surface area contributed by atoms with Crippen molar-refractivity contribution in [3.63, 3.8) is 0 Å². The number of aromatic nitrogens is 1. The zero-order valence-corrected chi connectivity index (χ0v) is 14.5. The number of fused-ring (bicyclic) bond motifs is 1. The van der Waals surface area contributed by atoms with Crippen molar-refractivity contribution < 1.29 is 0 Å². The van der Waals surface area contributed by atoms with Crippen molar-refractivity contribution in [2.24, 2.45) is 4.99 Å². The summed E-state index contributed by atoms with van der Waals surface area (Å²) in [5.41, 5.74) is 3.10. The molecule has 0 saturated heterocycles. The Labute approximate surface area is 149 Å². The summed E-state index contributed by atoms with van der Waals surface area (Å²) in [6.07, 6.45) is 3.95. The predicted octanol–water partition coefficient (Wildman–Crippen LogP) is 6.14. The molecule has 24 heavy (non-hydrogen) atoms. The van der Waals surface area contributed by atoms with Crippen LogP contribution >= 0.6 is 15.9 Å². The number of benzene rings is 3. The first-order valence-corrected chi connectivity index (χ1v) is 8.55. The van der Waals surface area contributed by atoms with Crippen LogP contribution in [0.3, 0.4) is 0 Å². The Kier molecular flexibility index (Phi) is 4.01. The normalized spacial score (nSPS) is 11.4. The largest absolute Gasteiger partial charge is 0.316 e. The Hall–Kier alpha value is -2.65. The molecular formula is C21H15BrN2. The van der Waals surface area contributed by atoms with Gasteiger partial charge in [-0.25, -0.2) is 0 Å². The average molecular weight is 375 g/mol. The summed E-state index contributed by atoms with van der Waals surface area (Å²) in [6.45, 7) is 0. The molecule has 0 aliphatic carbocycles. The molecule has 0 aliphatic heterocycles. The summed E-state index contributed by atoms with van der Waals surface area (Å²) in [4.78, 5) is 4.65. The van der Waals surface area contributed by atoms with Crippen LogP contribution in [0.25, 0.3) is 16.5 Å². The maximum atomic E-state index is 4.65. The molecule has 2 nitrogen and oxygen atoms in total. The average Bonchev–Trinajstić information content (AvgIpc) is 3.08. The highest BCUT2D eigenvalue weighted by molar-refractivity contribution is 9.10. The number of halogens is 1. The van der Waals surface area contributed by atoms with E-state index in [0.29, 0.717) is 0 Å². The molecular weight excluding hydrogens is 360 g/mol. The molecule has 0 aliphatic rings. The van der Waals surface area contributed by atoms with Crippen LogP contribution in [0.5, 0.6) is 0 Å². The van der Waals surface area contributed by atoms with E-state index in [1.54, 1.807) is 0 Å². The summed E-state index contributed by atoms with van der Waals surface area (Å²) in [5, 5.41) is 2.43. The second-order valence-electron chi connectivity index (χ2n) is 5.57. The van der Waals surface area contributed by atoms with Crippen LogP contribution in [0.4, 0.5) is 5.69 Å². The molecule has 0 spiro atoms. The first kappa shape index (κ1) is 14.9. The standard InChI is InChI=1S/C21H15BrN2/c22-18-7-3-8-20(14-18)24-12-4-9-21(24)15-23-19-11-10-16-5-1-2-6-17(16)13-19/h1-15H. The minimum Gasteiger partial charge on any atom is -0.316 e. The third kappa shape index (κ3) is 3.03. The predicted molar refractivity (Wildman–Crippen MR) is 105 cm³/mol. The lowest BCUT2D eigenvalue weighted by Crippen LogP contribution is -1.97. The maximum absolute atomic E-state index is 4.65. The summed E-state index contributed by atoms with van der Waals surface area (Å²) in [5.74, 6) is 0. The Bertz CT molecular complexity index is 1030. The summed E-state index contributed by atoms with van der Waals surface area (Å²) >= 11 is 3.52. The fraction of sp³-hybridized carbons (Fsp3) is 0. The zero-order valence-electron chi connectivity index (χ0n) is 12.9. The summed E-state index contributed by atoms with van der Waals surface area (Å²) < 4.78 is 3.18. The molecule has 4 rings (SSSR count). The quantitative estimate of drug-likeness (QED) is 0.383. The minimum absolute atomic E-state index is 0.954. The van der Waals surface area contributed by atoms with Gasteiger partial charge >= 0.3 is 0 Å². The van der Waals surface area contributed by atoms with E-state index in [1.807, 2.05) is 42.7 Å². The van der Waals surface area contributed by atoms with E-state index in [-0.39, 0.29) is 0 Å². The highest BCUT2D eigenvalue weighted by atomic mass is 79.9. The van der Waals surface area contributed by atoms with E-state index in [2.05, 4.69) is 74.0 Å². The minimum atomic E-state index is 0.954. The Morgan fingerprint density at radius 1 is 0.792 bits per heavy atom. The van der Waals surface area contributed by atoms with Gasteiger partial charge in [-0.15, -0.1) is 0 Å². The molecule has 0 N–H and O–H groups in total. The molecule has 1 heterocycles. The smallest absolute Gasteiger partial charge is 0.0639 e. The van der Waals surface area contributed by atoms with Crippen molar-refractivity contribution in [1.29, 1.82) is 0 Å². The van der Waals surface area contributed by atoms with Crippen LogP contribution in [0.1, 0.15) is 5.69 Å². The van der Waals surface area contributed by atoms with Gasteiger partial charge in [-0.3, -0.25) is 4.99 Å². The summed E-state index contributed by atoms with van der Waals surface area (Å²) in [6, 6.07) is 26.9. The fourth-order valence-corrected chi connectivity index (χ4v) is 3.15. The van der Waals surface area contributed by atoms with Crippen molar-refractivity contribution in [2.75, 3.05) is 0 Å². The van der Waals surface area contributed by atoms with Gasteiger partial charge in [-0.1, -0.05) is 52.3 Å². The van der Waals surface area contributed by atoms with E-state index in [0.717, 1.165) is 21.5 Å². The molecule has 1 aromatic heterocycles. The molecule has 3 aromatic carbocycles. The third-order valence-electron chi connectivity index (χ3n) is 3.95. The molecule has 3 heteroatoms. The molecule has 0 radical (unpaired) electrons. The van der Waals surface area contributed by atoms with E-state index in [9.17, 15) is 0 Å². The number of hydrogen-bond acceptors (Lipinski definition) is 1. The third-order valence-corrected chi connectivity index (χ3v) is 4.44. The zero-order chi connectivity index (χ0) is 16.4. The van der Waals surface area contributed by atoms with E-state index < -0.39 is 0 Å². The van der Waals surface area contributed by atoms with Crippen LogP contribution in [-0.2, 0) is 0 Å². The van der Waals surface area contributed by atoms with Crippen LogP contribution in [0.2, 0.25) is 0 Å². The summed E-state index contributed by atoms with van der Waals surface area (Å²) in [7, 11) is 0. The molecule has 0 amide bonds. The van der Waals surface area contributed by atoms with E-state index in [4.69, 9.17) is 0 Å². The van der Waals surface area contributed by atoms with Crippen molar-refractivity contribution in [3.05, 3.63) is 95.2 Å². The first-order chi connectivity index (χ1) is 11.8. The van der Waals surface area contributed by atoms with Gasteiger partial charge in [0.15, 0.2) is 0 Å². The van der Waals surface area contributed by atoms with Crippen molar-refractivity contribution in [2.45, 2.75) is 0 Å². The fourth-order valence-electron chi connectivity index (χ4n) is 2.76. The van der Waals surface area contributed by atoms with Gasteiger partial charge in [0, 0.05) is 16.4 Å². The lowest BCUT2D eigenvalue weighted by Gasteiger charge is -2.06. The van der Waals surface area contributed by atoms with E-state index >= 15 is 0 Å². The number of aliphatic imine (C=N–C) groups is 1. The SMILES string of the molecule is Brc1cccc(-n2cccc2C=Nc2ccc3ccccc3c2)c1. The Morgan fingerprint density at radius 2 is 1.67 bits per heavy atom. The Morgan fingerprint density at radius 3 is 2.54 bits per heavy atom. The molecule has 4 aromatic rings. The highest BCUT2D eigenvalue weighted by Crippen LogP contribution is 2.22. The maximum Gasteiger partial charge on any atom is 0.0639 e. The van der Waals surface area contributed by atoms with E-state index in [1.165, 1.54) is 10.8 Å². The lowest BCUT2D eigenvalue weighted by molar-refractivity contribution is 1.07. The van der Waals surface area contributed by atoms with Crippen LogP contribution < -0.4 is 0 Å². The van der Waals surface area contributed by atoms with Crippen LogP contribution in [-0.4, -0.2) is 10.8 Å². The molecule has 0 bridgehead atoms. The van der Waals surface area contributed by atoms with Crippen LogP contribution in [0.15, 0.2) is 94.5 Å². The van der Waals surface area contributed by atoms with Crippen molar-refractivity contribution in [3.8, 4) is 5.69 Å². The van der Waals surface area contributed by atoms with Gasteiger partial charge in [-0.05, 0) is 53.2 Å². The Balaban J connectivity index is 1.68. The monoisotopic (exact) mass is 374 g/mol. The molecule has 0 fully saturated rings. The number of hydrogen-bond donors (Lipinski definition) is 0. The first-order valence-electron chi connectivity index (χ1n) is 7.76. The number of nitrogens with zero attached hydrogens (tertiary/aromatic N) is 2. The van der Waals surface area contributed by atoms with Gasteiger partial charge < -0.3 is 4.57 Å². The second kappa shape index (κ2) is 6.46. The van der Waals surface area contributed by atoms with Crippen molar-refractivity contribution in [1.82, 2.24) is 4.57 Å². The van der Waals surface area contributed by atoms with Gasteiger partial charge in [0.2, 0.25) is 0 Å². The molecule has 0 saturated carbocycles. The highest BCUT2D eigenvalue weighted by Gasteiger charge is 2.02. The number of rotatable bonds is 3.